The van der Waals surface area contributed by atoms with Crippen molar-refractivity contribution in [3.05, 3.63) is 65.4 Å². The first kappa shape index (κ1) is 16.6. The number of amides is 1. The van der Waals surface area contributed by atoms with E-state index in [4.69, 9.17) is 0 Å². The Morgan fingerprint density at radius 3 is 2.54 bits per heavy atom. The molecule has 132 valence electrons. The Bertz CT molecular complexity index is 996. The molecule has 1 amide bonds. The van der Waals surface area contributed by atoms with Crippen molar-refractivity contribution in [1.29, 1.82) is 0 Å². The maximum absolute atomic E-state index is 12.5. The number of hydrogen-bond donors (Lipinski definition) is 2. The van der Waals surface area contributed by atoms with Crippen molar-refractivity contribution in [3.8, 4) is 0 Å². The first-order valence-electron chi connectivity index (χ1n) is 9.15. The number of hydrogen-bond acceptors (Lipinski definition) is 2. The summed E-state index contributed by atoms with van der Waals surface area (Å²) in [6.07, 6.45) is 2.00. The summed E-state index contributed by atoms with van der Waals surface area (Å²) in [6, 6.07) is 16.2. The van der Waals surface area contributed by atoms with Crippen molar-refractivity contribution in [2.45, 2.75) is 20.4 Å². The minimum Gasteiger partial charge on any atom is -0.355 e. The second-order valence-electron chi connectivity index (χ2n) is 6.58. The normalized spacial score (nSPS) is 15.0. The van der Waals surface area contributed by atoms with Gasteiger partial charge < -0.3 is 10.3 Å². The molecule has 0 radical (unpaired) electrons. The first-order chi connectivity index (χ1) is 12.7. The fourth-order valence-electron chi connectivity index (χ4n) is 3.61. The molecule has 0 aliphatic carbocycles. The molecule has 1 aliphatic rings. The minimum atomic E-state index is -0.0429. The molecule has 26 heavy (non-hydrogen) atoms. The number of anilines is 1. The molecule has 2 N–H and O–H groups in total. The Balaban J connectivity index is 1.85. The summed E-state index contributed by atoms with van der Waals surface area (Å²) < 4.78 is 0. The van der Waals surface area contributed by atoms with Crippen LogP contribution in [0.5, 0.6) is 0 Å². The van der Waals surface area contributed by atoms with Crippen molar-refractivity contribution < 1.29 is 4.79 Å². The number of para-hydroxylation sites is 2. The van der Waals surface area contributed by atoms with Crippen LogP contribution in [0.4, 0.5) is 5.69 Å². The molecule has 4 rings (SSSR count). The summed E-state index contributed by atoms with van der Waals surface area (Å²) in [5, 5.41) is 4.17. The Labute approximate surface area is 153 Å². The third-order valence-corrected chi connectivity index (χ3v) is 5.12. The SMILES string of the molecule is CCN(CC)Cc1c(/C=C2\C(=O)Nc3ccccc32)[nH]c2ccccc12. The summed E-state index contributed by atoms with van der Waals surface area (Å²) in [4.78, 5) is 18.4. The summed E-state index contributed by atoms with van der Waals surface area (Å²) in [6.45, 7) is 7.21. The molecule has 1 aliphatic heterocycles. The molecule has 2 aromatic carbocycles. The zero-order valence-electron chi connectivity index (χ0n) is 15.2. The maximum Gasteiger partial charge on any atom is 0.256 e. The van der Waals surface area contributed by atoms with Crippen molar-refractivity contribution in [2.24, 2.45) is 0 Å². The van der Waals surface area contributed by atoms with Crippen LogP contribution in [0.25, 0.3) is 22.6 Å². The van der Waals surface area contributed by atoms with Gasteiger partial charge in [0.25, 0.3) is 5.91 Å². The fourth-order valence-corrected chi connectivity index (χ4v) is 3.61. The molecule has 4 nitrogen and oxygen atoms in total. The number of nitrogens with one attached hydrogen (secondary N) is 2. The molecule has 0 spiro atoms. The lowest BCUT2D eigenvalue weighted by atomic mass is 10.0. The molecule has 3 aromatic rings. The molecule has 1 aromatic heterocycles. The van der Waals surface area contributed by atoms with Crippen LogP contribution >= 0.6 is 0 Å². The molecule has 0 fully saturated rings. The van der Waals surface area contributed by atoms with Crippen LogP contribution in [0.1, 0.15) is 30.7 Å². The van der Waals surface area contributed by atoms with E-state index >= 15 is 0 Å². The number of carbonyl (C=O) groups excluding carboxylic acids is 1. The highest BCUT2D eigenvalue weighted by atomic mass is 16.2. The largest absolute Gasteiger partial charge is 0.355 e. The maximum atomic E-state index is 12.5. The van der Waals surface area contributed by atoms with Gasteiger partial charge in [-0.1, -0.05) is 50.2 Å². The van der Waals surface area contributed by atoms with Crippen molar-refractivity contribution in [3.63, 3.8) is 0 Å². The van der Waals surface area contributed by atoms with E-state index in [9.17, 15) is 4.79 Å². The first-order valence-corrected chi connectivity index (χ1v) is 9.15. The van der Waals surface area contributed by atoms with Crippen LogP contribution in [-0.4, -0.2) is 28.9 Å². The summed E-state index contributed by atoms with van der Waals surface area (Å²) >= 11 is 0. The lowest BCUT2D eigenvalue weighted by molar-refractivity contribution is -0.110. The van der Waals surface area contributed by atoms with Gasteiger partial charge in [-0.25, -0.2) is 0 Å². The Morgan fingerprint density at radius 2 is 1.73 bits per heavy atom. The van der Waals surface area contributed by atoms with E-state index in [0.29, 0.717) is 5.57 Å². The van der Waals surface area contributed by atoms with Crippen LogP contribution < -0.4 is 5.32 Å². The molecular weight excluding hydrogens is 322 g/mol. The molecule has 0 saturated carbocycles. The number of aromatic nitrogens is 1. The number of nitrogens with zero attached hydrogens (tertiary/aromatic N) is 1. The van der Waals surface area contributed by atoms with Gasteiger partial charge in [-0.3, -0.25) is 9.69 Å². The molecule has 0 saturated heterocycles. The van der Waals surface area contributed by atoms with Crippen LogP contribution in [-0.2, 0) is 11.3 Å². The van der Waals surface area contributed by atoms with E-state index in [1.807, 2.05) is 36.4 Å². The molecule has 0 bridgehead atoms. The van der Waals surface area contributed by atoms with Gasteiger partial charge in [0.15, 0.2) is 0 Å². The lowest BCUT2D eigenvalue weighted by Gasteiger charge is -2.18. The highest BCUT2D eigenvalue weighted by molar-refractivity contribution is 6.35. The number of fused-ring (bicyclic) bond motifs is 2. The number of H-pyrrole nitrogens is 1. The molecule has 4 heteroatoms. The van der Waals surface area contributed by atoms with Crippen LogP contribution in [0.2, 0.25) is 0 Å². The third-order valence-electron chi connectivity index (χ3n) is 5.12. The Kier molecular flexibility index (Phi) is 4.35. The molecule has 0 unspecified atom stereocenters. The summed E-state index contributed by atoms with van der Waals surface area (Å²) in [5.41, 5.74) is 5.92. The Morgan fingerprint density at radius 1 is 1.00 bits per heavy atom. The van der Waals surface area contributed by atoms with Gasteiger partial charge in [-0.2, -0.15) is 0 Å². The topological polar surface area (TPSA) is 48.1 Å². The fraction of sp³-hybridized carbons (Fsp3) is 0.227. The predicted molar refractivity (Wildman–Crippen MR) is 108 cm³/mol. The third kappa shape index (κ3) is 2.82. The highest BCUT2D eigenvalue weighted by Gasteiger charge is 2.24. The highest BCUT2D eigenvalue weighted by Crippen LogP contribution is 2.34. The number of aromatic amines is 1. The summed E-state index contributed by atoms with van der Waals surface area (Å²) in [5.74, 6) is -0.0429. The van der Waals surface area contributed by atoms with Gasteiger partial charge in [-0.15, -0.1) is 0 Å². The van der Waals surface area contributed by atoms with E-state index in [2.05, 4.69) is 47.2 Å². The van der Waals surface area contributed by atoms with Crippen molar-refractivity contribution >= 4 is 34.1 Å². The molecular formula is C22H23N3O. The van der Waals surface area contributed by atoms with Gasteiger partial charge in [0.05, 0.1) is 5.57 Å². The molecule has 2 heterocycles. The molecule has 0 atom stereocenters. The van der Waals surface area contributed by atoms with E-state index in [1.165, 1.54) is 10.9 Å². The zero-order chi connectivity index (χ0) is 18.1. The lowest BCUT2D eigenvalue weighted by Crippen LogP contribution is -2.22. The van der Waals surface area contributed by atoms with Crippen LogP contribution in [0.15, 0.2) is 48.5 Å². The van der Waals surface area contributed by atoms with Crippen molar-refractivity contribution in [1.82, 2.24) is 9.88 Å². The van der Waals surface area contributed by atoms with Gasteiger partial charge in [0, 0.05) is 34.4 Å². The van der Waals surface area contributed by atoms with Gasteiger partial charge in [0.2, 0.25) is 0 Å². The second kappa shape index (κ2) is 6.81. The smallest absolute Gasteiger partial charge is 0.256 e. The quantitative estimate of drug-likeness (QED) is 0.669. The van der Waals surface area contributed by atoms with Crippen LogP contribution in [0.3, 0.4) is 0 Å². The summed E-state index contributed by atoms with van der Waals surface area (Å²) in [7, 11) is 0. The minimum absolute atomic E-state index is 0.0429. The zero-order valence-corrected chi connectivity index (χ0v) is 15.2. The van der Waals surface area contributed by atoms with Crippen molar-refractivity contribution in [2.75, 3.05) is 18.4 Å². The van der Waals surface area contributed by atoms with E-state index in [-0.39, 0.29) is 5.91 Å². The predicted octanol–water partition coefficient (Wildman–Crippen LogP) is 4.50. The monoisotopic (exact) mass is 345 g/mol. The number of benzene rings is 2. The number of rotatable bonds is 5. The number of carbonyl (C=O) groups is 1. The standard InChI is InChI=1S/C22H23N3O/c1-3-25(4-2)14-18-16-10-6-7-11-19(16)23-21(18)13-17-15-9-5-8-12-20(15)24-22(17)26/h5-13,23H,3-4,14H2,1-2H3,(H,24,26)/b17-13-. The average Bonchev–Trinajstić information content (AvgIpc) is 3.17. The average molecular weight is 345 g/mol. The Hall–Kier alpha value is -2.85. The van der Waals surface area contributed by atoms with Gasteiger partial charge in [-0.05, 0) is 36.9 Å². The van der Waals surface area contributed by atoms with Gasteiger partial charge >= 0.3 is 0 Å². The van der Waals surface area contributed by atoms with E-state index in [1.54, 1.807) is 0 Å². The van der Waals surface area contributed by atoms with E-state index < -0.39 is 0 Å². The second-order valence-corrected chi connectivity index (χ2v) is 6.58. The van der Waals surface area contributed by atoms with Crippen LogP contribution in [0, 0.1) is 0 Å². The van der Waals surface area contributed by atoms with Gasteiger partial charge in [0.1, 0.15) is 0 Å². The van der Waals surface area contributed by atoms with E-state index in [0.717, 1.165) is 42.1 Å².